The summed E-state index contributed by atoms with van der Waals surface area (Å²) in [5.74, 6) is 0.309. The molecule has 0 bridgehead atoms. The van der Waals surface area contributed by atoms with Gasteiger partial charge < -0.3 is 15.1 Å². The van der Waals surface area contributed by atoms with Crippen LogP contribution in [-0.4, -0.2) is 55.6 Å². The molecule has 0 aromatic carbocycles. The SMILES string of the molecule is CNCC(=O)N1CCN(c2ncc(C(F)(F)F)cc2Cl)CC1. The van der Waals surface area contributed by atoms with Crippen molar-refractivity contribution in [1.82, 2.24) is 15.2 Å². The summed E-state index contributed by atoms with van der Waals surface area (Å²) >= 11 is 5.92. The van der Waals surface area contributed by atoms with E-state index < -0.39 is 11.7 Å². The van der Waals surface area contributed by atoms with Crippen molar-refractivity contribution in [1.29, 1.82) is 0 Å². The highest BCUT2D eigenvalue weighted by Gasteiger charge is 2.32. The second kappa shape index (κ2) is 6.70. The quantitative estimate of drug-likeness (QED) is 0.911. The lowest BCUT2D eigenvalue weighted by molar-refractivity contribution is -0.137. The second-order valence-corrected chi connectivity index (χ2v) is 5.33. The van der Waals surface area contributed by atoms with Crippen LogP contribution < -0.4 is 10.2 Å². The zero-order valence-corrected chi connectivity index (χ0v) is 12.7. The van der Waals surface area contributed by atoms with E-state index in [2.05, 4.69) is 10.3 Å². The molecule has 0 unspecified atom stereocenters. The first-order valence-electron chi connectivity index (χ1n) is 6.73. The van der Waals surface area contributed by atoms with E-state index in [0.717, 1.165) is 12.3 Å². The van der Waals surface area contributed by atoms with Crippen LogP contribution in [0.1, 0.15) is 5.56 Å². The van der Waals surface area contributed by atoms with Crippen molar-refractivity contribution in [3.8, 4) is 0 Å². The molecule has 5 nitrogen and oxygen atoms in total. The largest absolute Gasteiger partial charge is 0.417 e. The Bertz CT molecular complexity index is 545. The number of alkyl halides is 3. The molecule has 1 saturated heterocycles. The van der Waals surface area contributed by atoms with Gasteiger partial charge in [0.25, 0.3) is 0 Å². The maximum absolute atomic E-state index is 12.6. The molecule has 1 aliphatic rings. The predicted octanol–water partition coefficient (Wildman–Crippen LogP) is 1.62. The molecule has 1 aliphatic heterocycles. The summed E-state index contributed by atoms with van der Waals surface area (Å²) in [6.07, 6.45) is -3.69. The van der Waals surface area contributed by atoms with Crippen molar-refractivity contribution >= 4 is 23.3 Å². The number of aromatic nitrogens is 1. The Morgan fingerprint density at radius 3 is 2.50 bits per heavy atom. The molecule has 2 heterocycles. The van der Waals surface area contributed by atoms with E-state index in [1.165, 1.54) is 0 Å². The third-order valence-corrected chi connectivity index (χ3v) is 3.69. The summed E-state index contributed by atoms with van der Waals surface area (Å²) in [5.41, 5.74) is -0.871. The molecule has 22 heavy (non-hydrogen) atoms. The lowest BCUT2D eigenvalue weighted by Crippen LogP contribution is -2.50. The molecular formula is C13H16ClF3N4O. The van der Waals surface area contributed by atoms with E-state index >= 15 is 0 Å². The smallest absolute Gasteiger partial charge is 0.352 e. The number of piperazine rings is 1. The number of hydrogen-bond donors (Lipinski definition) is 1. The van der Waals surface area contributed by atoms with E-state index in [1.54, 1.807) is 16.8 Å². The van der Waals surface area contributed by atoms with E-state index in [0.29, 0.717) is 32.0 Å². The van der Waals surface area contributed by atoms with Crippen LogP contribution in [-0.2, 0) is 11.0 Å². The summed E-state index contributed by atoms with van der Waals surface area (Å²) in [6, 6.07) is 0.877. The molecule has 0 aliphatic carbocycles. The van der Waals surface area contributed by atoms with Gasteiger partial charge in [-0.25, -0.2) is 4.98 Å². The van der Waals surface area contributed by atoms with E-state index in [-0.39, 0.29) is 17.5 Å². The van der Waals surface area contributed by atoms with Gasteiger partial charge in [-0.1, -0.05) is 11.6 Å². The number of amides is 1. The van der Waals surface area contributed by atoms with Crippen molar-refractivity contribution in [2.75, 3.05) is 44.7 Å². The molecule has 0 radical (unpaired) electrons. The number of likely N-dealkylation sites (N-methyl/N-ethyl adjacent to an activating group) is 1. The fraction of sp³-hybridized carbons (Fsp3) is 0.538. The van der Waals surface area contributed by atoms with Gasteiger partial charge in [-0.05, 0) is 13.1 Å². The van der Waals surface area contributed by atoms with Crippen LogP contribution in [0.3, 0.4) is 0 Å². The van der Waals surface area contributed by atoms with Crippen LogP contribution in [0.2, 0.25) is 5.02 Å². The van der Waals surface area contributed by atoms with Crippen LogP contribution >= 0.6 is 11.6 Å². The number of nitrogens with zero attached hydrogens (tertiary/aromatic N) is 3. The van der Waals surface area contributed by atoms with Gasteiger partial charge in [0, 0.05) is 32.4 Å². The number of nitrogens with one attached hydrogen (secondary N) is 1. The van der Waals surface area contributed by atoms with Crippen LogP contribution in [0.4, 0.5) is 19.0 Å². The van der Waals surface area contributed by atoms with E-state index in [9.17, 15) is 18.0 Å². The number of halogens is 4. The Hall–Kier alpha value is -1.54. The molecule has 1 aromatic heterocycles. The minimum absolute atomic E-state index is 0.00590. The molecular weight excluding hydrogens is 321 g/mol. The molecule has 1 aromatic rings. The van der Waals surface area contributed by atoms with Gasteiger partial charge in [-0.15, -0.1) is 0 Å². The van der Waals surface area contributed by atoms with Gasteiger partial charge in [0.05, 0.1) is 17.1 Å². The molecule has 1 N–H and O–H groups in total. The number of anilines is 1. The van der Waals surface area contributed by atoms with Crippen LogP contribution in [0.25, 0.3) is 0 Å². The molecule has 9 heteroatoms. The summed E-state index contributed by atoms with van der Waals surface area (Å²) < 4.78 is 37.8. The second-order valence-electron chi connectivity index (χ2n) is 4.93. The zero-order valence-electron chi connectivity index (χ0n) is 12.0. The minimum Gasteiger partial charge on any atom is -0.352 e. The van der Waals surface area contributed by atoms with Gasteiger partial charge >= 0.3 is 6.18 Å². The fourth-order valence-electron chi connectivity index (χ4n) is 2.25. The Kier molecular flexibility index (Phi) is 5.12. The molecule has 1 fully saturated rings. The van der Waals surface area contributed by atoms with Crippen LogP contribution in [0, 0.1) is 0 Å². The zero-order chi connectivity index (χ0) is 16.3. The Labute approximate surface area is 131 Å². The van der Waals surface area contributed by atoms with Crippen molar-refractivity contribution in [2.24, 2.45) is 0 Å². The topological polar surface area (TPSA) is 48.5 Å². The Morgan fingerprint density at radius 1 is 1.36 bits per heavy atom. The normalized spacial score (nSPS) is 16.0. The van der Waals surface area contributed by atoms with Crippen molar-refractivity contribution in [3.05, 3.63) is 22.8 Å². The average Bonchev–Trinajstić information content (AvgIpc) is 2.46. The monoisotopic (exact) mass is 336 g/mol. The summed E-state index contributed by atoms with van der Waals surface area (Å²) in [7, 11) is 1.69. The first-order chi connectivity index (χ1) is 10.3. The summed E-state index contributed by atoms with van der Waals surface area (Å²) in [6.45, 7) is 2.19. The van der Waals surface area contributed by atoms with Gasteiger partial charge in [-0.3, -0.25) is 4.79 Å². The molecule has 0 atom stereocenters. The van der Waals surface area contributed by atoms with E-state index in [1.807, 2.05) is 0 Å². The maximum Gasteiger partial charge on any atom is 0.417 e. The highest BCUT2D eigenvalue weighted by Crippen LogP contribution is 2.33. The van der Waals surface area contributed by atoms with Crippen molar-refractivity contribution < 1.29 is 18.0 Å². The lowest BCUT2D eigenvalue weighted by atomic mass is 10.2. The van der Waals surface area contributed by atoms with Crippen molar-refractivity contribution in [3.63, 3.8) is 0 Å². The third kappa shape index (κ3) is 3.80. The first-order valence-corrected chi connectivity index (χ1v) is 7.11. The van der Waals surface area contributed by atoms with E-state index in [4.69, 9.17) is 11.6 Å². The van der Waals surface area contributed by atoms with Crippen molar-refractivity contribution in [2.45, 2.75) is 6.18 Å². The number of pyridine rings is 1. The predicted molar refractivity (Wildman–Crippen MR) is 77.0 cm³/mol. The first kappa shape index (κ1) is 16.8. The molecule has 2 rings (SSSR count). The van der Waals surface area contributed by atoms with Gasteiger partial charge in [-0.2, -0.15) is 13.2 Å². The van der Waals surface area contributed by atoms with Crippen LogP contribution in [0.15, 0.2) is 12.3 Å². The van der Waals surface area contributed by atoms with Crippen LogP contribution in [0.5, 0.6) is 0 Å². The average molecular weight is 337 g/mol. The molecule has 0 saturated carbocycles. The number of hydrogen-bond acceptors (Lipinski definition) is 4. The molecule has 122 valence electrons. The Morgan fingerprint density at radius 2 is 2.00 bits per heavy atom. The number of rotatable bonds is 3. The summed E-state index contributed by atoms with van der Waals surface area (Å²) in [4.78, 5) is 19.1. The lowest BCUT2D eigenvalue weighted by Gasteiger charge is -2.35. The fourth-order valence-corrected chi connectivity index (χ4v) is 2.53. The highest BCUT2D eigenvalue weighted by molar-refractivity contribution is 6.33. The standard InChI is InChI=1S/C13H16ClF3N4O/c1-18-8-11(22)20-2-4-21(5-3-20)12-10(14)6-9(7-19-12)13(15,16)17/h6-7,18H,2-5,8H2,1H3. The minimum atomic E-state index is -4.46. The van der Waals surface area contributed by atoms with Gasteiger partial charge in [0.2, 0.25) is 5.91 Å². The highest BCUT2D eigenvalue weighted by atomic mass is 35.5. The number of carbonyl (C=O) groups excluding carboxylic acids is 1. The third-order valence-electron chi connectivity index (χ3n) is 3.41. The van der Waals surface area contributed by atoms with Gasteiger partial charge in [0.15, 0.2) is 0 Å². The Balaban J connectivity index is 2.04. The maximum atomic E-state index is 12.6. The van der Waals surface area contributed by atoms with Gasteiger partial charge in [0.1, 0.15) is 5.82 Å². The molecule has 0 spiro atoms. The summed E-state index contributed by atoms with van der Waals surface area (Å²) in [5, 5.41) is 2.76. The number of carbonyl (C=O) groups is 1. The molecule has 1 amide bonds.